The molecule has 0 heterocycles. The molecule has 0 spiro atoms. The first-order chi connectivity index (χ1) is 9.81. The van der Waals surface area contributed by atoms with Crippen LogP contribution in [0.2, 0.25) is 0 Å². The van der Waals surface area contributed by atoms with Crippen molar-refractivity contribution in [1.29, 1.82) is 5.26 Å². The number of hydrogen-bond donors (Lipinski definition) is 1. The third-order valence-corrected chi connectivity index (χ3v) is 2.92. The van der Waals surface area contributed by atoms with Crippen LogP contribution in [0.25, 0.3) is 0 Å². The summed E-state index contributed by atoms with van der Waals surface area (Å²) in [5, 5.41) is 11.4. The van der Waals surface area contributed by atoms with E-state index in [1.807, 2.05) is 6.07 Å². The molecule has 0 unspecified atom stereocenters. The summed E-state index contributed by atoms with van der Waals surface area (Å²) in [6.45, 7) is 1.69. The Morgan fingerprint density at radius 3 is 2.38 bits per heavy atom. The zero-order chi connectivity index (χ0) is 15.6. The molecule has 0 aliphatic carbocycles. The Labute approximate surface area is 118 Å². The lowest BCUT2D eigenvalue weighted by Crippen LogP contribution is -2.06. The largest absolute Gasteiger partial charge is 0.416 e. The van der Waals surface area contributed by atoms with E-state index in [4.69, 9.17) is 5.26 Å². The molecule has 0 atom stereocenters. The summed E-state index contributed by atoms with van der Waals surface area (Å²) in [6.07, 6.45) is -4.54. The Morgan fingerprint density at radius 2 is 1.81 bits per heavy atom. The van der Waals surface area contributed by atoms with Crippen molar-refractivity contribution in [2.75, 3.05) is 5.32 Å². The highest BCUT2D eigenvalue weighted by Crippen LogP contribution is 2.32. The van der Waals surface area contributed by atoms with Gasteiger partial charge in [-0.05, 0) is 48.9 Å². The highest BCUT2D eigenvalue weighted by molar-refractivity contribution is 5.63. The molecule has 0 amide bonds. The quantitative estimate of drug-likeness (QED) is 0.810. The van der Waals surface area contributed by atoms with Crippen molar-refractivity contribution in [3.63, 3.8) is 0 Å². The molecule has 0 radical (unpaired) electrons. The second-order valence-corrected chi connectivity index (χ2v) is 4.46. The van der Waals surface area contributed by atoms with E-state index >= 15 is 0 Å². The van der Waals surface area contributed by atoms with Gasteiger partial charge in [-0.2, -0.15) is 18.4 Å². The molecule has 2 aromatic carbocycles. The van der Waals surface area contributed by atoms with Crippen LogP contribution in [0.3, 0.4) is 0 Å². The van der Waals surface area contributed by atoms with Crippen LogP contribution in [0, 0.1) is 24.1 Å². The zero-order valence-corrected chi connectivity index (χ0v) is 10.9. The Morgan fingerprint density at radius 1 is 1.10 bits per heavy atom. The van der Waals surface area contributed by atoms with Gasteiger partial charge in [0.15, 0.2) is 0 Å². The maximum absolute atomic E-state index is 13.6. The summed E-state index contributed by atoms with van der Waals surface area (Å²) in [6, 6.07) is 8.73. The van der Waals surface area contributed by atoms with Gasteiger partial charge in [0, 0.05) is 5.69 Å². The molecule has 6 heteroatoms. The normalized spacial score (nSPS) is 11.0. The van der Waals surface area contributed by atoms with Crippen LogP contribution in [0.1, 0.15) is 16.7 Å². The smallest absolute Gasteiger partial charge is 0.353 e. The van der Waals surface area contributed by atoms with Crippen LogP contribution >= 0.6 is 0 Å². The molecular formula is C15H10F4N2. The fraction of sp³-hybridized carbons (Fsp3) is 0.133. The molecule has 0 aliphatic rings. The van der Waals surface area contributed by atoms with Crippen molar-refractivity contribution in [2.24, 2.45) is 0 Å². The standard InChI is InChI=1S/C15H10F4N2/c1-9-6-12(4-2-10(9)8-20)21-14-7-11(15(17,18)19)3-5-13(14)16/h2-7,21H,1H3. The number of nitriles is 1. The Kier molecular flexibility index (Phi) is 3.85. The third-order valence-electron chi connectivity index (χ3n) is 2.92. The Hall–Kier alpha value is -2.55. The van der Waals surface area contributed by atoms with Gasteiger partial charge < -0.3 is 5.32 Å². The molecule has 0 bridgehead atoms. The average molecular weight is 294 g/mol. The van der Waals surface area contributed by atoms with E-state index in [9.17, 15) is 17.6 Å². The lowest BCUT2D eigenvalue weighted by molar-refractivity contribution is -0.137. The fourth-order valence-electron chi connectivity index (χ4n) is 1.82. The molecule has 2 aromatic rings. The maximum Gasteiger partial charge on any atom is 0.416 e. The molecule has 21 heavy (non-hydrogen) atoms. The number of alkyl halides is 3. The van der Waals surface area contributed by atoms with Crippen molar-refractivity contribution in [3.8, 4) is 6.07 Å². The van der Waals surface area contributed by atoms with Crippen LogP contribution in [0.4, 0.5) is 28.9 Å². The van der Waals surface area contributed by atoms with E-state index in [0.717, 1.165) is 6.07 Å². The number of rotatable bonds is 2. The number of nitrogens with one attached hydrogen (secondary N) is 1. The summed E-state index contributed by atoms with van der Waals surface area (Å²) in [5.74, 6) is -0.787. The van der Waals surface area contributed by atoms with Crippen molar-refractivity contribution in [2.45, 2.75) is 13.1 Å². The van der Waals surface area contributed by atoms with Crippen molar-refractivity contribution in [1.82, 2.24) is 0 Å². The van der Waals surface area contributed by atoms with Gasteiger partial charge in [0.25, 0.3) is 0 Å². The predicted octanol–water partition coefficient (Wildman–Crippen LogP) is 4.77. The van der Waals surface area contributed by atoms with Gasteiger partial charge in [-0.15, -0.1) is 0 Å². The predicted molar refractivity (Wildman–Crippen MR) is 70.6 cm³/mol. The molecular weight excluding hydrogens is 284 g/mol. The first kappa shape index (κ1) is 14.9. The van der Waals surface area contributed by atoms with E-state index in [2.05, 4.69) is 5.32 Å². The Bertz CT molecular complexity index is 715. The maximum atomic E-state index is 13.6. The van der Waals surface area contributed by atoms with E-state index in [1.165, 1.54) is 12.1 Å². The van der Waals surface area contributed by atoms with Crippen LogP contribution in [-0.4, -0.2) is 0 Å². The van der Waals surface area contributed by atoms with Crippen LogP contribution in [0.15, 0.2) is 36.4 Å². The number of benzene rings is 2. The second kappa shape index (κ2) is 5.44. The summed E-state index contributed by atoms with van der Waals surface area (Å²) in [5.41, 5.74) is 0.301. The summed E-state index contributed by atoms with van der Waals surface area (Å²) < 4.78 is 51.5. The minimum atomic E-state index is -4.54. The topological polar surface area (TPSA) is 35.8 Å². The zero-order valence-electron chi connectivity index (χ0n) is 10.9. The van der Waals surface area contributed by atoms with Gasteiger partial charge in [0.2, 0.25) is 0 Å². The van der Waals surface area contributed by atoms with Crippen LogP contribution in [-0.2, 0) is 6.18 Å². The molecule has 0 fully saturated rings. The third kappa shape index (κ3) is 3.31. The fourth-order valence-corrected chi connectivity index (χ4v) is 1.82. The summed E-state index contributed by atoms with van der Waals surface area (Å²) in [4.78, 5) is 0. The van der Waals surface area contributed by atoms with E-state index in [1.54, 1.807) is 13.0 Å². The number of anilines is 2. The molecule has 0 aliphatic heterocycles. The number of nitrogens with zero attached hydrogens (tertiary/aromatic N) is 1. The molecule has 0 saturated carbocycles. The SMILES string of the molecule is Cc1cc(Nc2cc(C(F)(F)F)ccc2F)ccc1C#N. The number of hydrogen-bond acceptors (Lipinski definition) is 2. The van der Waals surface area contributed by atoms with Gasteiger partial charge in [-0.3, -0.25) is 0 Å². The average Bonchev–Trinajstić information content (AvgIpc) is 2.40. The molecule has 0 aromatic heterocycles. The van der Waals surface area contributed by atoms with Gasteiger partial charge in [0.1, 0.15) is 5.82 Å². The van der Waals surface area contributed by atoms with Crippen LogP contribution < -0.4 is 5.32 Å². The monoisotopic (exact) mass is 294 g/mol. The highest BCUT2D eigenvalue weighted by atomic mass is 19.4. The molecule has 0 saturated heterocycles. The number of halogens is 4. The summed E-state index contributed by atoms with van der Waals surface area (Å²) in [7, 11) is 0. The summed E-state index contributed by atoms with van der Waals surface area (Å²) >= 11 is 0. The van der Waals surface area contributed by atoms with Gasteiger partial charge in [-0.1, -0.05) is 0 Å². The first-order valence-corrected chi connectivity index (χ1v) is 5.96. The second-order valence-electron chi connectivity index (χ2n) is 4.46. The van der Waals surface area contributed by atoms with E-state index in [-0.39, 0.29) is 5.69 Å². The van der Waals surface area contributed by atoms with Crippen molar-refractivity contribution in [3.05, 3.63) is 58.9 Å². The minimum Gasteiger partial charge on any atom is -0.353 e. The highest BCUT2D eigenvalue weighted by Gasteiger charge is 2.31. The molecule has 108 valence electrons. The number of aryl methyl sites for hydroxylation is 1. The molecule has 2 nitrogen and oxygen atoms in total. The minimum absolute atomic E-state index is 0.270. The van der Waals surface area contributed by atoms with Gasteiger partial charge in [0.05, 0.1) is 22.9 Å². The van der Waals surface area contributed by atoms with Crippen molar-refractivity contribution >= 4 is 11.4 Å². The Balaban J connectivity index is 2.35. The van der Waals surface area contributed by atoms with Crippen molar-refractivity contribution < 1.29 is 17.6 Å². The van der Waals surface area contributed by atoms with Gasteiger partial charge in [-0.25, -0.2) is 4.39 Å². The lowest BCUT2D eigenvalue weighted by atomic mass is 10.1. The molecule has 2 rings (SSSR count). The lowest BCUT2D eigenvalue weighted by Gasteiger charge is -2.12. The first-order valence-electron chi connectivity index (χ1n) is 5.96. The van der Waals surface area contributed by atoms with Crippen LogP contribution in [0.5, 0.6) is 0 Å². The van der Waals surface area contributed by atoms with E-state index < -0.39 is 17.6 Å². The molecule has 1 N–H and O–H groups in total. The van der Waals surface area contributed by atoms with Gasteiger partial charge >= 0.3 is 6.18 Å². The van der Waals surface area contributed by atoms with E-state index in [0.29, 0.717) is 28.9 Å².